The summed E-state index contributed by atoms with van der Waals surface area (Å²) in [4.78, 5) is 12.2. The third-order valence-corrected chi connectivity index (χ3v) is 4.21. The molecule has 5 nitrogen and oxygen atoms in total. The highest BCUT2D eigenvalue weighted by atomic mass is 31.2. The number of carbonyl (C=O) groups excluding carboxylic acids is 1. The van der Waals surface area contributed by atoms with E-state index in [-0.39, 0.29) is 18.8 Å². The number of hydrogen-bond acceptors (Lipinski definition) is 5. The van der Waals surface area contributed by atoms with Crippen LogP contribution < -0.4 is 4.74 Å². The first-order chi connectivity index (χ1) is 9.07. The van der Waals surface area contributed by atoms with Crippen molar-refractivity contribution in [3.05, 3.63) is 29.8 Å². The smallest absolute Gasteiger partial charge is 0.401 e. The third kappa shape index (κ3) is 4.16. The Morgan fingerprint density at radius 1 is 1.00 bits per heavy atom. The third-order valence-electron chi connectivity index (χ3n) is 2.26. The molecule has 1 aromatic rings. The summed E-state index contributed by atoms with van der Waals surface area (Å²) in [7, 11) is -3.74. The van der Waals surface area contributed by atoms with Gasteiger partial charge in [0.1, 0.15) is 5.75 Å². The molecule has 0 amide bonds. The van der Waals surface area contributed by atoms with Crippen molar-refractivity contribution in [2.24, 2.45) is 0 Å². The lowest BCUT2D eigenvalue weighted by atomic mass is 10.2. The predicted molar refractivity (Wildman–Crippen MR) is 72.8 cm³/mol. The molecule has 1 aromatic carbocycles. The standard InChI is InChI=1S/C13H19O5P/c1-4-16-12-9-7-11(8-10-12)13(14)19(15,17-5-2)18-6-3/h7-10H,4-6H2,1-3H3. The molecule has 0 fully saturated rings. The van der Waals surface area contributed by atoms with E-state index < -0.39 is 13.1 Å². The van der Waals surface area contributed by atoms with Gasteiger partial charge in [-0.3, -0.25) is 9.36 Å². The molecule has 19 heavy (non-hydrogen) atoms. The molecule has 0 aliphatic heterocycles. The van der Waals surface area contributed by atoms with Crippen molar-refractivity contribution in [2.45, 2.75) is 20.8 Å². The van der Waals surface area contributed by atoms with Gasteiger partial charge in [0.15, 0.2) is 0 Å². The van der Waals surface area contributed by atoms with Crippen LogP contribution in [0.2, 0.25) is 0 Å². The molecule has 0 N–H and O–H groups in total. The molecular weight excluding hydrogens is 267 g/mol. The van der Waals surface area contributed by atoms with Crippen molar-refractivity contribution in [1.82, 2.24) is 0 Å². The van der Waals surface area contributed by atoms with Gasteiger partial charge in [-0.25, -0.2) is 0 Å². The summed E-state index contributed by atoms with van der Waals surface area (Å²) in [6.45, 7) is 6.05. The second kappa shape index (κ2) is 7.43. The van der Waals surface area contributed by atoms with E-state index in [1.807, 2.05) is 6.92 Å². The van der Waals surface area contributed by atoms with Crippen LogP contribution in [-0.2, 0) is 13.6 Å². The van der Waals surface area contributed by atoms with E-state index in [1.165, 1.54) is 0 Å². The summed E-state index contributed by atoms with van der Waals surface area (Å²) in [5.74, 6) is 0.654. The topological polar surface area (TPSA) is 61.8 Å². The summed E-state index contributed by atoms with van der Waals surface area (Å²) >= 11 is 0. The molecule has 0 heterocycles. The van der Waals surface area contributed by atoms with Gasteiger partial charge in [-0.15, -0.1) is 0 Å². The molecule has 0 unspecified atom stereocenters. The molecule has 0 radical (unpaired) electrons. The molecule has 0 atom stereocenters. The van der Waals surface area contributed by atoms with E-state index in [0.717, 1.165) is 0 Å². The van der Waals surface area contributed by atoms with Gasteiger partial charge in [0.2, 0.25) is 0 Å². The normalized spacial score (nSPS) is 11.3. The van der Waals surface area contributed by atoms with E-state index in [9.17, 15) is 9.36 Å². The summed E-state index contributed by atoms with van der Waals surface area (Å²) in [5.41, 5.74) is -0.340. The second-order valence-corrected chi connectivity index (χ2v) is 5.51. The molecule has 0 saturated carbocycles. The van der Waals surface area contributed by atoms with Crippen LogP contribution in [0.25, 0.3) is 0 Å². The Labute approximate surface area is 113 Å². The number of ether oxygens (including phenoxy) is 1. The average Bonchev–Trinajstić information content (AvgIpc) is 2.40. The quantitative estimate of drug-likeness (QED) is 0.684. The van der Waals surface area contributed by atoms with E-state index in [0.29, 0.717) is 12.4 Å². The highest BCUT2D eigenvalue weighted by molar-refractivity contribution is 7.72. The average molecular weight is 286 g/mol. The molecule has 6 heteroatoms. The Bertz CT molecular complexity index is 445. The van der Waals surface area contributed by atoms with Gasteiger partial charge in [-0.1, -0.05) is 0 Å². The van der Waals surface area contributed by atoms with Gasteiger partial charge in [-0.05, 0) is 45.0 Å². The molecule has 0 aliphatic carbocycles. The van der Waals surface area contributed by atoms with Crippen LogP contribution in [0.3, 0.4) is 0 Å². The zero-order valence-electron chi connectivity index (χ0n) is 11.4. The van der Waals surface area contributed by atoms with Crippen molar-refractivity contribution in [3.63, 3.8) is 0 Å². The number of benzene rings is 1. The Hall–Kier alpha value is -1.16. The summed E-state index contributed by atoms with van der Waals surface area (Å²) in [6, 6.07) is 6.41. The molecule has 0 spiro atoms. The van der Waals surface area contributed by atoms with E-state index in [2.05, 4.69) is 0 Å². The molecule has 0 aliphatic rings. The minimum absolute atomic E-state index is 0.153. The Morgan fingerprint density at radius 3 is 1.95 bits per heavy atom. The van der Waals surface area contributed by atoms with Gasteiger partial charge in [0.25, 0.3) is 5.52 Å². The fraction of sp³-hybridized carbons (Fsp3) is 0.462. The zero-order valence-corrected chi connectivity index (χ0v) is 12.3. The van der Waals surface area contributed by atoms with Crippen LogP contribution >= 0.6 is 7.60 Å². The van der Waals surface area contributed by atoms with Crippen molar-refractivity contribution in [2.75, 3.05) is 19.8 Å². The minimum Gasteiger partial charge on any atom is -0.494 e. The maximum atomic E-state index is 12.3. The maximum absolute atomic E-state index is 12.3. The highest BCUT2D eigenvalue weighted by Gasteiger charge is 2.34. The highest BCUT2D eigenvalue weighted by Crippen LogP contribution is 2.51. The monoisotopic (exact) mass is 286 g/mol. The van der Waals surface area contributed by atoms with Gasteiger partial charge in [0, 0.05) is 5.56 Å². The first-order valence-corrected chi connectivity index (χ1v) is 7.78. The molecule has 0 bridgehead atoms. The largest absolute Gasteiger partial charge is 0.494 e. The second-order valence-electron chi connectivity index (χ2n) is 3.60. The first-order valence-electron chi connectivity index (χ1n) is 6.24. The van der Waals surface area contributed by atoms with E-state index >= 15 is 0 Å². The molecule has 106 valence electrons. The Kier molecular flexibility index (Phi) is 6.22. The van der Waals surface area contributed by atoms with Crippen LogP contribution in [0, 0.1) is 0 Å². The van der Waals surface area contributed by atoms with Crippen LogP contribution in [0.4, 0.5) is 0 Å². The molecule has 1 rings (SSSR count). The fourth-order valence-electron chi connectivity index (χ4n) is 1.51. The lowest BCUT2D eigenvalue weighted by Crippen LogP contribution is -2.07. The lowest BCUT2D eigenvalue weighted by Gasteiger charge is -2.15. The lowest BCUT2D eigenvalue weighted by molar-refractivity contribution is 0.100. The van der Waals surface area contributed by atoms with E-state index in [1.54, 1.807) is 38.1 Å². The van der Waals surface area contributed by atoms with Gasteiger partial charge in [0.05, 0.1) is 19.8 Å². The zero-order chi connectivity index (χ0) is 14.3. The molecular formula is C13H19O5P. The van der Waals surface area contributed by atoms with Crippen molar-refractivity contribution in [1.29, 1.82) is 0 Å². The number of carbonyl (C=O) groups is 1. The fourth-order valence-corrected chi connectivity index (χ4v) is 2.97. The van der Waals surface area contributed by atoms with Crippen LogP contribution in [-0.4, -0.2) is 25.3 Å². The Balaban J connectivity index is 2.93. The first kappa shape index (κ1) is 15.9. The maximum Gasteiger partial charge on any atom is 0.401 e. The van der Waals surface area contributed by atoms with Crippen molar-refractivity contribution < 1.29 is 23.1 Å². The van der Waals surface area contributed by atoms with Crippen molar-refractivity contribution in [3.8, 4) is 5.75 Å². The van der Waals surface area contributed by atoms with Gasteiger partial charge >= 0.3 is 7.60 Å². The number of hydrogen-bond donors (Lipinski definition) is 0. The molecule has 0 aromatic heterocycles. The summed E-state index contributed by atoms with van der Waals surface area (Å²) in [6.07, 6.45) is 0. The number of rotatable bonds is 8. The predicted octanol–water partition coefficient (Wildman–Crippen LogP) is 3.49. The van der Waals surface area contributed by atoms with Gasteiger partial charge < -0.3 is 13.8 Å². The van der Waals surface area contributed by atoms with Crippen LogP contribution in [0.5, 0.6) is 5.75 Å². The molecule has 0 saturated heterocycles. The SMILES string of the molecule is CCOc1ccc(C(=O)P(=O)(OCC)OCC)cc1. The summed E-state index contributed by atoms with van der Waals surface area (Å²) in [5, 5.41) is 0. The Morgan fingerprint density at radius 2 is 1.53 bits per heavy atom. The minimum atomic E-state index is -3.74. The van der Waals surface area contributed by atoms with Gasteiger partial charge in [-0.2, -0.15) is 0 Å². The van der Waals surface area contributed by atoms with Crippen molar-refractivity contribution >= 4 is 13.1 Å². The van der Waals surface area contributed by atoms with Crippen LogP contribution in [0.15, 0.2) is 24.3 Å². The summed E-state index contributed by atoms with van der Waals surface area (Å²) < 4.78 is 27.6. The van der Waals surface area contributed by atoms with Crippen LogP contribution in [0.1, 0.15) is 31.1 Å². The van der Waals surface area contributed by atoms with E-state index in [4.69, 9.17) is 13.8 Å².